The van der Waals surface area contributed by atoms with E-state index in [4.69, 9.17) is 5.21 Å². The molecule has 5 nitrogen and oxygen atoms in total. The molecule has 0 saturated carbocycles. The minimum Gasteiger partial charge on any atom is -0.289 e. The highest BCUT2D eigenvalue weighted by atomic mass is 16.5. The van der Waals surface area contributed by atoms with E-state index in [2.05, 4.69) is 4.98 Å². The molecule has 110 valence electrons. The van der Waals surface area contributed by atoms with Crippen LogP contribution in [0, 0.1) is 0 Å². The molecule has 0 fully saturated rings. The Morgan fingerprint density at radius 1 is 1.00 bits per heavy atom. The van der Waals surface area contributed by atoms with Gasteiger partial charge >= 0.3 is 0 Å². The van der Waals surface area contributed by atoms with Crippen LogP contribution in [-0.4, -0.2) is 21.9 Å². The Kier molecular flexibility index (Phi) is 5.34. The van der Waals surface area contributed by atoms with Crippen LogP contribution in [0.25, 0.3) is 12.2 Å². The summed E-state index contributed by atoms with van der Waals surface area (Å²) in [6.07, 6.45) is 7.38. The maximum Gasteiger partial charge on any atom is 0.267 e. The van der Waals surface area contributed by atoms with Gasteiger partial charge in [-0.2, -0.15) is 0 Å². The van der Waals surface area contributed by atoms with Gasteiger partial charge in [0.15, 0.2) is 5.78 Å². The summed E-state index contributed by atoms with van der Waals surface area (Å²) in [6, 6.07) is 12.5. The van der Waals surface area contributed by atoms with Crippen molar-refractivity contribution in [2.24, 2.45) is 0 Å². The number of allylic oxidation sites excluding steroid dienone is 1. The van der Waals surface area contributed by atoms with Crippen molar-refractivity contribution in [3.63, 3.8) is 0 Å². The summed E-state index contributed by atoms with van der Waals surface area (Å²) in [5, 5.41) is 8.36. The third kappa shape index (κ3) is 4.50. The lowest BCUT2D eigenvalue weighted by Gasteiger charge is -1.96. The number of nitrogens with zero attached hydrogens (tertiary/aromatic N) is 1. The van der Waals surface area contributed by atoms with Gasteiger partial charge in [0.25, 0.3) is 5.91 Å². The first-order valence-corrected chi connectivity index (χ1v) is 6.55. The Bertz CT molecular complexity index is 704. The Morgan fingerprint density at radius 2 is 1.77 bits per heavy atom. The lowest BCUT2D eigenvalue weighted by atomic mass is 10.1. The summed E-state index contributed by atoms with van der Waals surface area (Å²) in [7, 11) is 0. The van der Waals surface area contributed by atoms with Gasteiger partial charge in [0, 0.05) is 17.8 Å². The van der Waals surface area contributed by atoms with Crippen molar-refractivity contribution in [3.05, 3.63) is 77.6 Å². The summed E-state index contributed by atoms with van der Waals surface area (Å²) in [6.45, 7) is 0. The first kappa shape index (κ1) is 15.3. The van der Waals surface area contributed by atoms with Crippen molar-refractivity contribution >= 4 is 23.8 Å². The molecule has 0 saturated heterocycles. The quantitative estimate of drug-likeness (QED) is 0.384. The van der Waals surface area contributed by atoms with E-state index >= 15 is 0 Å². The molecule has 0 aliphatic rings. The molecule has 0 spiro atoms. The molecule has 0 aliphatic heterocycles. The summed E-state index contributed by atoms with van der Waals surface area (Å²) in [5.74, 6) is -0.705. The Morgan fingerprint density at radius 3 is 2.41 bits per heavy atom. The van der Waals surface area contributed by atoms with Gasteiger partial charge in [-0.05, 0) is 29.9 Å². The molecule has 0 bridgehead atoms. The molecule has 1 aromatic heterocycles. The highest BCUT2D eigenvalue weighted by Gasteiger charge is 1.99. The molecule has 0 radical (unpaired) electrons. The van der Waals surface area contributed by atoms with Crippen LogP contribution in [0.2, 0.25) is 0 Å². The van der Waals surface area contributed by atoms with Crippen LogP contribution in [0.5, 0.6) is 0 Å². The van der Waals surface area contributed by atoms with E-state index in [-0.39, 0.29) is 5.78 Å². The molecular weight excluding hydrogens is 280 g/mol. The average molecular weight is 294 g/mol. The van der Waals surface area contributed by atoms with Gasteiger partial charge in [-0.1, -0.05) is 36.4 Å². The maximum absolute atomic E-state index is 11.9. The lowest BCUT2D eigenvalue weighted by molar-refractivity contribution is -0.124. The SMILES string of the molecule is O=C(/C=C/c1ccc(/C=C/C(=O)c2ccccc2)cn1)NO. The maximum atomic E-state index is 11.9. The zero-order valence-electron chi connectivity index (χ0n) is 11.6. The molecule has 1 amide bonds. The van der Waals surface area contributed by atoms with Crippen LogP contribution in [0.4, 0.5) is 0 Å². The molecule has 5 heteroatoms. The fraction of sp³-hybridized carbons (Fsp3) is 0. The average Bonchev–Trinajstić information content (AvgIpc) is 2.59. The number of hydrogen-bond acceptors (Lipinski definition) is 4. The van der Waals surface area contributed by atoms with E-state index in [1.807, 2.05) is 18.2 Å². The first-order chi connectivity index (χ1) is 10.7. The Balaban J connectivity index is 2.02. The number of ketones is 1. The van der Waals surface area contributed by atoms with Gasteiger partial charge in [0.1, 0.15) is 0 Å². The zero-order valence-corrected chi connectivity index (χ0v) is 11.6. The first-order valence-electron chi connectivity index (χ1n) is 6.55. The summed E-state index contributed by atoms with van der Waals surface area (Å²) >= 11 is 0. The second kappa shape index (κ2) is 7.66. The topological polar surface area (TPSA) is 79.3 Å². The predicted octanol–water partition coefficient (Wildman–Crippen LogP) is 2.50. The van der Waals surface area contributed by atoms with Crippen molar-refractivity contribution in [3.8, 4) is 0 Å². The highest BCUT2D eigenvalue weighted by Crippen LogP contribution is 2.06. The van der Waals surface area contributed by atoms with Crippen molar-refractivity contribution < 1.29 is 14.8 Å². The number of amides is 1. The van der Waals surface area contributed by atoms with E-state index in [9.17, 15) is 9.59 Å². The lowest BCUT2D eigenvalue weighted by Crippen LogP contribution is -2.14. The minimum absolute atomic E-state index is 0.0795. The number of hydrogen-bond donors (Lipinski definition) is 2. The van der Waals surface area contributed by atoms with Gasteiger partial charge in [-0.3, -0.25) is 19.8 Å². The van der Waals surface area contributed by atoms with Gasteiger partial charge in [-0.15, -0.1) is 0 Å². The second-order valence-electron chi connectivity index (χ2n) is 4.39. The molecule has 0 aliphatic carbocycles. The predicted molar refractivity (Wildman–Crippen MR) is 83.0 cm³/mol. The van der Waals surface area contributed by atoms with Crippen LogP contribution < -0.4 is 5.48 Å². The monoisotopic (exact) mass is 294 g/mol. The smallest absolute Gasteiger partial charge is 0.267 e. The normalized spacial score (nSPS) is 11.0. The molecule has 1 heterocycles. The number of rotatable bonds is 5. The fourth-order valence-electron chi connectivity index (χ4n) is 1.68. The number of aromatic nitrogens is 1. The van der Waals surface area contributed by atoms with Crippen LogP contribution in [0.3, 0.4) is 0 Å². The number of nitrogens with one attached hydrogen (secondary N) is 1. The van der Waals surface area contributed by atoms with Crippen LogP contribution in [0.1, 0.15) is 21.6 Å². The van der Waals surface area contributed by atoms with E-state index in [0.717, 1.165) is 11.6 Å². The largest absolute Gasteiger partial charge is 0.289 e. The molecule has 0 atom stereocenters. The van der Waals surface area contributed by atoms with E-state index in [1.54, 1.807) is 36.5 Å². The summed E-state index contributed by atoms with van der Waals surface area (Å²) < 4.78 is 0. The van der Waals surface area contributed by atoms with Gasteiger partial charge in [0.2, 0.25) is 0 Å². The Labute approximate surface area is 127 Å². The summed E-state index contributed by atoms with van der Waals surface area (Å²) in [5.41, 5.74) is 3.46. The number of hydroxylamine groups is 1. The van der Waals surface area contributed by atoms with Gasteiger partial charge < -0.3 is 0 Å². The van der Waals surface area contributed by atoms with Crippen LogP contribution >= 0.6 is 0 Å². The fourth-order valence-corrected chi connectivity index (χ4v) is 1.68. The highest BCUT2D eigenvalue weighted by molar-refractivity contribution is 6.06. The zero-order chi connectivity index (χ0) is 15.8. The third-order valence-electron chi connectivity index (χ3n) is 2.81. The van der Waals surface area contributed by atoms with Crippen LogP contribution in [0.15, 0.2) is 60.8 Å². The van der Waals surface area contributed by atoms with Crippen molar-refractivity contribution in [1.29, 1.82) is 0 Å². The summed E-state index contributed by atoms with van der Waals surface area (Å²) in [4.78, 5) is 26.9. The standard InChI is InChI=1S/C17H14N2O3/c20-16(14-4-2-1-3-5-14)10-7-13-6-8-15(18-12-13)9-11-17(21)19-22/h1-12,22H,(H,19,21)/b10-7+,11-9+. The molecule has 2 rings (SSSR count). The minimum atomic E-state index is -0.626. The van der Waals surface area contributed by atoms with E-state index in [1.165, 1.54) is 17.6 Å². The Hall–Kier alpha value is -3.05. The number of carbonyl (C=O) groups excluding carboxylic acids is 2. The van der Waals surface area contributed by atoms with E-state index in [0.29, 0.717) is 11.3 Å². The molecule has 0 unspecified atom stereocenters. The molecule has 22 heavy (non-hydrogen) atoms. The second-order valence-corrected chi connectivity index (χ2v) is 4.39. The third-order valence-corrected chi connectivity index (χ3v) is 2.81. The number of pyridine rings is 1. The van der Waals surface area contributed by atoms with Gasteiger partial charge in [-0.25, -0.2) is 5.48 Å². The number of carbonyl (C=O) groups is 2. The van der Waals surface area contributed by atoms with Gasteiger partial charge in [0.05, 0.1) is 5.69 Å². The number of benzene rings is 1. The molecule has 2 aromatic rings. The van der Waals surface area contributed by atoms with Crippen LogP contribution in [-0.2, 0) is 4.79 Å². The van der Waals surface area contributed by atoms with Crippen molar-refractivity contribution in [2.75, 3.05) is 0 Å². The van der Waals surface area contributed by atoms with E-state index < -0.39 is 5.91 Å². The molecule has 2 N–H and O–H groups in total. The molecule has 1 aromatic carbocycles. The van der Waals surface area contributed by atoms with Crippen molar-refractivity contribution in [1.82, 2.24) is 10.5 Å². The molecular formula is C17H14N2O3. The van der Waals surface area contributed by atoms with Crippen molar-refractivity contribution in [2.45, 2.75) is 0 Å².